The maximum Gasteiger partial charge on any atom is 0.118 e. The number of rotatable bonds is 7. The molecule has 0 aliphatic rings. The molecule has 0 N–H and O–H groups in total. The summed E-state index contributed by atoms with van der Waals surface area (Å²) in [5.41, 5.74) is 1.08. The third-order valence-corrected chi connectivity index (χ3v) is 3.19. The molecule has 2 rings (SSSR count). The van der Waals surface area contributed by atoms with Crippen molar-refractivity contribution >= 4 is 0 Å². The maximum atomic E-state index is 5.48. The van der Waals surface area contributed by atoms with Crippen molar-refractivity contribution < 1.29 is 49.9 Å². The van der Waals surface area contributed by atoms with E-state index in [2.05, 4.69) is 52.7 Å². The third kappa shape index (κ3) is 23.5. The smallest absolute Gasteiger partial charge is 0.118 e. The molecule has 0 saturated carbocycles. The molecule has 166 valence electrons. The van der Waals surface area contributed by atoms with Crippen molar-refractivity contribution in [2.75, 3.05) is 7.11 Å². The first-order valence-corrected chi connectivity index (χ1v) is 10.1. The standard InChI is InChI=1S/C13H12NO2.3C4H9.Sm/c1-15-12-7-5-11(6-8-12)10-16-13-4-2-3-9-14-13;3*1-3-4-2;/h2-8H,10H2,1H3;3*1,3-4H2,2H3;/q4*-1;. The zero-order chi connectivity index (χ0) is 21.5. The molecule has 0 radical (unpaired) electrons. The van der Waals surface area contributed by atoms with E-state index >= 15 is 0 Å². The Morgan fingerprint density at radius 1 is 0.862 bits per heavy atom. The molecule has 2 aromatic rings. The van der Waals surface area contributed by atoms with Crippen LogP contribution in [0.5, 0.6) is 11.6 Å². The van der Waals surface area contributed by atoms with Gasteiger partial charge in [0.1, 0.15) is 5.75 Å². The number of hydrogen-bond donors (Lipinski definition) is 0. The summed E-state index contributed by atoms with van der Waals surface area (Å²) in [4.78, 5) is 3.96. The number of ether oxygens (including phenoxy) is 2. The van der Waals surface area contributed by atoms with Crippen LogP contribution in [0, 0.1) is 67.4 Å². The SMILES string of the molecule is COc1ccc(COc2ccc[c-]n2)cc1.[CH2-]CCC.[CH2-]CCC.[CH2-]CCC.[Sm]. The van der Waals surface area contributed by atoms with Gasteiger partial charge < -0.3 is 35.2 Å². The molecule has 1 aromatic carbocycles. The normalized spacial score (nSPS) is 8.52. The van der Waals surface area contributed by atoms with Crippen LogP contribution in [-0.4, -0.2) is 12.1 Å². The Hall–Kier alpha value is -0.692. The van der Waals surface area contributed by atoms with E-state index < -0.39 is 0 Å². The Morgan fingerprint density at radius 3 is 1.69 bits per heavy atom. The fourth-order valence-corrected chi connectivity index (χ4v) is 1.27. The zero-order valence-corrected chi connectivity index (χ0v) is 21.4. The molecule has 4 heteroatoms. The first kappa shape index (κ1) is 33.0. The van der Waals surface area contributed by atoms with Gasteiger partial charge >= 0.3 is 0 Å². The first-order chi connectivity index (χ1) is 13.6. The van der Waals surface area contributed by atoms with Crippen LogP contribution >= 0.6 is 0 Å². The Bertz CT molecular complexity index is 503. The fraction of sp³-hybridized carbons (Fsp3) is 0.440. The van der Waals surface area contributed by atoms with Crippen molar-refractivity contribution in [2.45, 2.75) is 65.9 Å². The summed E-state index contributed by atoms with van der Waals surface area (Å²) < 4.78 is 10.6. The quantitative estimate of drug-likeness (QED) is 0.348. The van der Waals surface area contributed by atoms with Crippen LogP contribution in [0.2, 0.25) is 0 Å². The molecule has 0 aliphatic carbocycles. The summed E-state index contributed by atoms with van der Waals surface area (Å²) in [7, 11) is 1.65. The predicted molar refractivity (Wildman–Crippen MR) is 121 cm³/mol. The van der Waals surface area contributed by atoms with Crippen molar-refractivity contribution in [2.24, 2.45) is 0 Å². The number of methoxy groups -OCH3 is 1. The minimum Gasteiger partial charge on any atom is -0.530 e. The second kappa shape index (κ2) is 27.3. The molecule has 3 nitrogen and oxygen atoms in total. The van der Waals surface area contributed by atoms with Crippen LogP contribution in [0.25, 0.3) is 0 Å². The van der Waals surface area contributed by atoms with E-state index in [1.54, 1.807) is 19.2 Å². The van der Waals surface area contributed by atoms with Crippen LogP contribution in [0.4, 0.5) is 0 Å². The van der Waals surface area contributed by atoms with Gasteiger partial charge in [0.25, 0.3) is 0 Å². The molecule has 0 atom stereocenters. The molecule has 0 saturated heterocycles. The summed E-state index contributed by atoms with van der Waals surface area (Å²) in [6.07, 6.45) is 9.55. The minimum atomic E-state index is 0. The Morgan fingerprint density at radius 2 is 1.34 bits per heavy atom. The Balaban J connectivity index is -0.000000434. The van der Waals surface area contributed by atoms with E-state index in [9.17, 15) is 0 Å². The monoisotopic (exact) mass is 537 g/mol. The van der Waals surface area contributed by atoms with Gasteiger partial charge in [0.2, 0.25) is 0 Å². The summed E-state index contributed by atoms with van der Waals surface area (Å²) in [5.74, 6) is 1.42. The Kier molecular flexibility index (Phi) is 31.0. The second-order valence-electron chi connectivity index (χ2n) is 5.80. The van der Waals surface area contributed by atoms with Gasteiger partial charge in [-0.1, -0.05) is 58.4 Å². The summed E-state index contributed by atoms with van der Waals surface area (Å²) in [6.45, 7) is 17.7. The minimum absolute atomic E-state index is 0. The Labute approximate surface area is 213 Å². The fourth-order valence-electron chi connectivity index (χ4n) is 1.27. The topological polar surface area (TPSA) is 31.4 Å². The van der Waals surface area contributed by atoms with E-state index in [1.807, 2.05) is 30.3 Å². The summed E-state index contributed by atoms with van der Waals surface area (Å²) in [6, 6.07) is 13.1. The number of pyridine rings is 1. The van der Waals surface area contributed by atoms with Crippen LogP contribution < -0.4 is 9.47 Å². The summed E-state index contributed by atoms with van der Waals surface area (Å²) in [5, 5.41) is 0. The number of nitrogens with zero attached hydrogens (tertiary/aromatic N) is 1. The average molecular weight is 536 g/mol. The molecule has 0 aliphatic heterocycles. The van der Waals surface area contributed by atoms with Crippen LogP contribution in [0.15, 0.2) is 42.5 Å². The summed E-state index contributed by atoms with van der Waals surface area (Å²) >= 11 is 0. The molecular weight excluding hydrogens is 497 g/mol. The first-order valence-electron chi connectivity index (χ1n) is 10.1. The zero-order valence-electron chi connectivity index (χ0n) is 18.8. The molecule has 0 fully saturated rings. The van der Waals surface area contributed by atoms with Crippen molar-refractivity contribution in [3.05, 3.63) is 75.0 Å². The van der Waals surface area contributed by atoms with Crippen molar-refractivity contribution in [1.82, 2.24) is 4.98 Å². The maximum absolute atomic E-state index is 5.48. The average Bonchev–Trinajstić information content (AvgIpc) is 2.79. The molecular formula is C25H39NO2Sm-4. The number of aromatic nitrogens is 1. The van der Waals surface area contributed by atoms with Gasteiger partial charge in [-0.25, -0.2) is 0 Å². The second-order valence-corrected chi connectivity index (χ2v) is 5.80. The molecule has 29 heavy (non-hydrogen) atoms. The molecule has 1 heterocycles. The van der Waals surface area contributed by atoms with Crippen molar-refractivity contribution in [3.8, 4) is 11.6 Å². The van der Waals surface area contributed by atoms with Crippen LogP contribution in [0.3, 0.4) is 0 Å². The molecule has 0 amide bonds. The van der Waals surface area contributed by atoms with E-state index in [4.69, 9.17) is 9.47 Å². The van der Waals surface area contributed by atoms with Gasteiger partial charge in [0, 0.05) is 40.4 Å². The predicted octanol–water partition coefficient (Wildman–Crippen LogP) is 7.33. The van der Waals surface area contributed by atoms with E-state index in [0.29, 0.717) is 12.5 Å². The largest absolute Gasteiger partial charge is 0.530 e. The molecule has 1 aromatic heterocycles. The number of unbranched alkanes of at least 4 members (excludes halogenated alkanes) is 3. The van der Waals surface area contributed by atoms with Gasteiger partial charge in [0.05, 0.1) is 19.6 Å². The van der Waals surface area contributed by atoms with Gasteiger partial charge in [-0.15, -0.1) is 6.07 Å². The van der Waals surface area contributed by atoms with Gasteiger partial charge in [-0.05, 0) is 17.7 Å². The van der Waals surface area contributed by atoms with E-state index in [0.717, 1.165) is 30.6 Å². The molecule has 0 bridgehead atoms. The van der Waals surface area contributed by atoms with Crippen molar-refractivity contribution in [3.63, 3.8) is 0 Å². The van der Waals surface area contributed by atoms with Crippen LogP contribution in [-0.2, 0) is 6.61 Å². The number of hydrogen-bond acceptors (Lipinski definition) is 3. The molecule has 0 spiro atoms. The van der Waals surface area contributed by atoms with E-state index in [-0.39, 0.29) is 40.4 Å². The number of benzene rings is 1. The van der Waals surface area contributed by atoms with Crippen molar-refractivity contribution in [1.29, 1.82) is 0 Å². The van der Waals surface area contributed by atoms with Crippen LogP contribution in [0.1, 0.15) is 64.9 Å². The van der Waals surface area contributed by atoms with Gasteiger partial charge in [0.15, 0.2) is 0 Å². The molecule has 0 unspecified atom stereocenters. The van der Waals surface area contributed by atoms with E-state index in [1.165, 1.54) is 19.3 Å². The third-order valence-electron chi connectivity index (χ3n) is 3.19. The van der Waals surface area contributed by atoms with Gasteiger partial charge in [-0.2, -0.15) is 31.4 Å². The van der Waals surface area contributed by atoms with Gasteiger partial charge in [-0.3, -0.25) is 0 Å².